The second kappa shape index (κ2) is 14.7. The van der Waals surface area contributed by atoms with Crippen molar-refractivity contribution in [3.63, 3.8) is 0 Å². The molecule has 1 atom stereocenters. The molecule has 0 saturated carbocycles. The quantitative estimate of drug-likeness (QED) is 0.116. The standard InChI is InChI=1S/C46H38O3P2S/c47-52(48,49)46(34-51(40-23-9-3-10-24-40)41-25-11-4-12-26-41)32-31-36-18-14-16-28-43(36)45(46)44-37(30-29-35-17-13-15-27-42(35)44)33-50(38-19-5-1-6-20-38)39-21-7-2-8-22-39/h1-31H,32-34H2,(H,47,48,49). The van der Waals surface area contributed by atoms with E-state index in [9.17, 15) is 13.0 Å². The minimum atomic E-state index is -4.70. The lowest BCUT2D eigenvalue weighted by Gasteiger charge is -2.39. The van der Waals surface area contributed by atoms with Crippen LogP contribution in [-0.2, 0) is 16.3 Å². The summed E-state index contributed by atoms with van der Waals surface area (Å²) < 4.78 is 39.3. The van der Waals surface area contributed by atoms with Crippen LogP contribution in [0.25, 0.3) is 22.4 Å². The highest BCUT2D eigenvalue weighted by atomic mass is 32.2. The number of benzene rings is 7. The first kappa shape index (κ1) is 34.4. The molecule has 256 valence electrons. The Morgan fingerprint density at radius 3 is 1.58 bits per heavy atom. The first-order chi connectivity index (χ1) is 25.4. The molecule has 1 aliphatic rings. The minimum absolute atomic E-state index is 0.158. The fraction of sp³-hybridized carbons (Fsp3) is 0.0870. The molecule has 52 heavy (non-hydrogen) atoms. The molecule has 1 aliphatic carbocycles. The number of rotatable bonds is 10. The summed E-state index contributed by atoms with van der Waals surface area (Å²) in [4.78, 5) is 0. The van der Waals surface area contributed by atoms with Crippen LogP contribution in [0, 0.1) is 0 Å². The molecule has 8 rings (SSSR count). The van der Waals surface area contributed by atoms with Gasteiger partial charge in [-0.3, -0.25) is 4.55 Å². The zero-order valence-corrected chi connectivity index (χ0v) is 31.2. The lowest BCUT2D eigenvalue weighted by atomic mass is 9.81. The monoisotopic (exact) mass is 732 g/mol. The smallest absolute Gasteiger partial charge is 0.275 e. The second-order valence-electron chi connectivity index (χ2n) is 13.2. The van der Waals surface area contributed by atoms with Gasteiger partial charge >= 0.3 is 0 Å². The molecule has 0 heterocycles. The van der Waals surface area contributed by atoms with Crippen molar-refractivity contribution >= 4 is 69.6 Å². The Bertz CT molecular complexity index is 2500. The topological polar surface area (TPSA) is 54.4 Å². The van der Waals surface area contributed by atoms with Gasteiger partial charge in [0.15, 0.2) is 0 Å². The van der Waals surface area contributed by atoms with Gasteiger partial charge in [-0.2, -0.15) is 8.42 Å². The van der Waals surface area contributed by atoms with E-state index in [1.165, 1.54) is 10.6 Å². The maximum absolute atomic E-state index is 14.5. The average Bonchev–Trinajstić information content (AvgIpc) is 3.19. The summed E-state index contributed by atoms with van der Waals surface area (Å²) in [5, 5.41) is 8.49. The molecule has 0 amide bonds. The Kier molecular flexibility index (Phi) is 9.75. The Morgan fingerprint density at radius 1 is 0.538 bits per heavy atom. The van der Waals surface area contributed by atoms with Gasteiger partial charge in [0.2, 0.25) is 0 Å². The minimum Gasteiger partial charge on any atom is -0.285 e. The van der Waals surface area contributed by atoms with E-state index >= 15 is 0 Å². The lowest BCUT2D eigenvalue weighted by Crippen LogP contribution is -2.51. The number of hydrogen-bond acceptors (Lipinski definition) is 2. The molecule has 7 aromatic rings. The summed E-state index contributed by atoms with van der Waals surface area (Å²) in [5.74, 6) is 0. The van der Waals surface area contributed by atoms with Crippen molar-refractivity contribution in [1.29, 1.82) is 0 Å². The highest BCUT2D eigenvalue weighted by molar-refractivity contribution is 7.88. The van der Waals surface area contributed by atoms with Crippen molar-refractivity contribution in [2.75, 3.05) is 6.16 Å². The van der Waals surface area contributed by atoms with Crippen LogP contribution < -0.4 is 31.7 Å². The Balaban J connectivity index is 1.44. The third kappa shape index (κ3) is 6.58. The van der Waals surface area contributed by atoms with E-state index < -0.39 is 30.7 Å². The molecule has 1 unspecified atom stereocenters. The van der Waals surface area contributed by atoms with Gasteiger partial charge in [-0.1, -0.05) is 188 Å². The predicted molar refractivity (Wildman–Crippen MR) is 222 cm³/mol. The SMILES string of the molecule is O=S(=O)(O)C1(CP(c2ccccc2)c2ccccc2)CC=c2ccccc2=C1c1c(CP(c2ccccc2)c2ccccc2)ccc2ccccc12. The molecule has 6 heteroatoms. The van der Waals surface area contributed by atoms with Crippen LogP contribution in [0.2, 0.25) is 0 Å². The van der Waals surface area contributed by atoms with Crippen LogP contribution in [0.4, 0.5) is 0 Å². The van der Waals surface area contributed by atoms with Gasteiger partial charge in [-0.05, 0) is 81.4 Å². The fourth-order valence-electron chi connectivity index (χ4n) is 7.61. The van der Waals surface area contributed by atoms with Crippen LogP contribution in [0.1, 0.15) is 17.5 Å². The van der Waals surface area contributed by atoms with E-state index in [1.54, 1.807) is 0 Å². The lowest BCUT2D eigenvalue weighted by molar-refractivity contribution is 0.458. The first-order valence-corrected chi connectivity index (χ1v) is 22.0. The zero-order valence-electron chi connectivity index (χ0n) is 28.6. The van der Waals surface area contributed by atoms with Crippen molar-refractivity contribution in [1.82, 2.24) is 0 Å². The molecule has 1 N–H and O–H groups in total. The molecule has 0 bridgehead atoms. The number of fused-ring (bicyclic) bond motifs is 2. The van der Waals surface area contributed by atoms with E-state index in [0.717, 1.165) is 42.9 Å². The van der Waals surface area contributed by atoms with Gasteiger partial charge in [0.05, 0.1) is 0 Å². The summed E-state index contributed by atoms with van der Waals surface area (Å²) in [6, 6.07) is 62.4. The van der Waals surface area contributed by atoms with Gasteiger partial charge in [-0.15, -0.1) is 0 Å². The normalized spacial score (nSPS) is 15.8. The van der Waals surface area contributed by atoms with Gasteiger partial charge in [0, 0.05) is 12.3 Å². The van der Waals surface area contributed by atoms with Crippen molar-refractivity contribution in [2.45, 2.75) is 17.3 Å². The van der Waals surface area contributed by atoms with E-state index in [1.807, 2.05) is 84.9 Å². The molecule has 7 aromatic carbocycles. The maximum Gasteiger partial charge on any atom is 0.275 e. The summed E-state index contributed by atoms with van der Waals surface area (Å²) >= 11 is 0. The predicted octanol–water partition coefficient (Wildman–Crippen LogP) is 7.62. The second-order valence-corrected chi connectivity index (χ2v) is 19.3. The zero-order chi connectivity index (χ0) is 35.5. The van der Waals surface area contributed by atoms with Gasteiger partial charge < -0.3 is 0 Å². The van der Waals surface area contributed by atoms with Crippen LogP contribution in [0.5, 0.6) is 0 Å². The van der Waals surface area contributed by atoms with Gasteiger partial charge in [-0.25, -0.2) is 0 Å². The van der Waals surface area contributed by atoms with Crippen molar-refractivity contribution in [3.8, 4) is 0 Å². The summed E-state index contributed by atoms with van der Waals surface area (Å²) in [5.41, 5.74) is 2.67. The molecular weight excluding hydrogens is 695 g/mol. The van der Waals surface area contributed by atoms with Gasteiger partial charge in [0.1, 0.15) is 4.75 Å². The highest BCUT2D eigenvalue weighted by Gasteiger charge is 2.50. The van der Waals surface area contributed by atoms with Crippen molar-refractivity contribution < 1.29 is 13.0 Å². The van der Waals surface area contributed by atoms with Crippen LogP contribution in [0.3, 0.4) is 0 Å². The average molecular weight is 733 g/mol. The third-order valence-corrected chi connectivity index (χ3v) is 17.0. The van der Waals surface area contributed by atoms with Crippen LogP contribution >= 0.6 is 15.8 Å². The Labute approximate surface area is 308 Å². The molecule has 0 radical (unpaired) electrons. The van der Waals surface area contributed by atoms with Crippen LogP contribution in [-0.4, -0.2) is 23.9 Å². The molecule has 0 aliphatic heterocycles. The van der Waals surface area contributed by atoms with Crippen molar-refractivity contribution in [2.24, 2.45) is 0 Å². The molecule has 3 nitrogen and oxygen atoms in total. The Morgan fingerprint density at radius 2 is 1.02 bits per heavy atom. The Hall–Kier alpha value is -4.69. The summed E-state index contributed by atoms with van der Waals surface area (Å²) in [6.07, 6.45) is 3.10. The van der Waals surface area contributed by atoms with E-state index in [0.29, 0.717) is 11.7 Å². The van der Waals surface area contributed by atoms with E-state index in [-0.39, 0.29) is 12.6 Å². The summed E-state index contributed by atoms with van der Waals surface area (Å²) in [6.45, 7) is 0. The van der Waals surface area contributed by atoms with Crippen molar-refractivity contribution in [3.05, 3.63) is 204 Å². The molecular formula is C46H38O3P2S. The largest absolute Gasteiger partial charge is 0.285 e. The first-order valence-electron chi connectivity index (χ1n) is 17.5. The van der Waals surface area contributed by atoms with E-state index in [4.69, 9.17) is 0 Å². The highest BCUT2D eigenvalue weighted by Crippen LogP contribution is 2.50. The molecule has 0 fully saturated rings. The molecule has 0 aromatic heterocycles. The van der Waals surface area contributed by atoms with E-state index in [2.05, 4.69) is 103 Å². The molecule has 0 spiro atoms. The van der Waals surface area contributed by atoms with Crippen LogP contribution in [0.15, 0.2) is 182 Å². The summed E-state index contributed by atoms with van der Waals surface area (Å²) in [7, 11) is -6.78. The molecule has 0 saturated heterocycles. The number of hydrogen-bond donors (Lipinski definition) is 1. The fourth-order valence-corrected chi connectivity index (χ4v) is 14.3. The van der Waals surface area contributed by atoms with Gasteiger partial charge in [0.25, 0.3) is 10.1 Å². The maximum atomic E-state index is 14.5. The third-order valence-electron chi connectivity index (χ3n) is 10.1.